The highest BCUT2D eigenvalue weighted by atomic mass is 16.5. The summed E-state index contributed by atoms with van der Waals surface area (Å²) in [6.45, 7) is 2.95. The molecule has 2 atom stereocenters. The van der Waals surface area contributed by atoms with E-state index >= 15 is 0 Å². The molecule has 5 nitrogen and oxygen atoms in total. The van der Waals surface area contributed by atoms with Crippen LogP contribution >= 0.6 is 0 Å². The quantitative estimate of drug-likeness (QED) is 0.921. The van der Waals surface area contributed by atoms with Gasteiger partial charge in [0, 0.05) is 38.3 Å². The third-order valence-corrected chi connectivity index (χ3v) is 4.91. The van der Waals surface area contributed by atoms with Gasteiger partial charge in [-0.1, -0.05) is 18.2 Å². The van der Waals surface area contributed by atoms with E-state index in [0.717, 1.165) is 43.9 Å². The topological polar surface area (TPSA) is 59.0 Å². The predicted octanol–water partition coefficient (Wildman–Crippen LogP) is 1.97. The predicted molar refractivity (Wildman–Crippen MR) is 82.3 cm³/mol. The van der Waals surface area contributed by atoms with Gasteiger partial charge in [-0.3, -0.25) is 9.69 Å². The van der Waals surface area contributed by atoms with Crippen molar-refractivity contribution in [2.75, 3.05) is 33.4 Å². The average molecular weight is 305 g/mol. The average Bonchev–Trinajstić information content (AvgIpc) is 3.01. The molecule has 0 bridgehead atoms. The maximum atomic E-state index is 11.7. The van der Waals surface area contributed by atoms with Crippen LogP contribution in [-0.4, -0.2) is 55.4 Å². The number of nitrogens with zero attached hydrogens (tertiary/aromatic N) is 1. The molecule has 5 heteroatoms. The van der Waals surface area contributed by atoms with Crippen molar-refractivity contribution in [2.24, 2.45) is 5.92 Å². The summed E-state index contributed by atoms with van der Waals surface area (Å²) in [7, 11) is 1.64. The van der Waals surface area contributed by atoms with E-state index in [2.05, 4.69) is 4.90 Å². The fourth-order valence-corrected chi connectivity index (χ4v) is 3.72. The molecule has 120 valence electrons. The zero-order chi connectivity index (χ0) is 15.5. The first-order chi connectivity index (χ1) is 10.7. The first-order valence-corrected chi connectivity index (χ1v) is 7.88. The van der Waals surface area contributed by atoms with Crippen molar-refractivity contribution in [2.45, 2.75) is 24.8 Å². The summed E-state index contributed by atoms with van der Waals surface area (Å²) in [5.41, 5.74) is 1.01. The maximum Gasteiger partial charge on any atom is 0.308 e. The van der Waals surface area contributed by atoms with E-state index in [0.29, 0.717) is 12.6 Å². The molecule has 1 aromatic carbocycles. The van der Waals surface area contributed by atoms with Crippen molar-refractivity contribution in [3.05, 3.63) is 29.8 Å². The number of carboxylic acids is 1. The maximum absolute atomic E-state index is 11.7. The molecule has 3 rings (SSSR count). The molecule has 2 aliphatic heterocycles. The Hall–Kier alpha value is -1.59. The van der Waals surface area contributed by atoms with Crippen molar-refractivity contribution < 1.29 is 19.4 Å². The van der Waals surface area contributed by atoms with Crippen molar-refractivity contribution in [1.82, 2.24) is 4.90 Å². The van der Waals surface area contributed by atoms with Gasteiger partial charge >= 0.3 is 5.97 Å². The van der Waals surface area contributed by atoms with Crippen molar-refractivity contribution >= 4 is 5.97 Å². The third kappa shape index (κ3) is 2.96. The lowest BCUT2D eigenvalue weighted by Gasteiger charge is -2.31. The number of hydrogen-bond donors (Lipinski definition) is 1. The Balaban J connectivity index is 1.83. The Morgan fingerprint density at radius 2 is 2.00 bits per heavy atom. The van der Waals surface area contributed by atoms with E-state index in [4.69, 9.17) is 9.47 Å². The van der Waals surface area contributed by atoms with Crippen LogP contribution in [0.25, 0.3) is 0 Å². The Labute approximate surface area is 130 Å². The van der Waals surface area contributed by atoms with E-state index in [1.54, 1.807) is 7.11 Å². The summed E-state index contributed by atoms with van der Waals surface area (Å²) >= 11 is 0. The lowest BCUT2D eigenvalue weighted by molar-refractivity contribution is -0.141. The van der Waals surface area contributed by atoms with Gasteiger partial charge in [0.1, 0.15) is 5.75 Å². The smallest absolute Gasteiger partial charge is 0.308 e. The van der Waals surface area contributed by atoms with Gasteiger partial charge in [0.05, 0.1) is 13.0 Å². The number of para-hydroxylation sites is 1. The van der Waals surface area contributed by atoms with Crippen LogP contribution in [-0.2, 0) is 9.53 Å². The minimum Gasteiger partial charge on any atom is -0.496 e. The van der Waals surface area contributed by atoms with Crippen LogP contribution < -0.4 is 4.74 Å². The molecule has 2 heterocycles. The molecule has 2 aliphatic rings. The lowest BCUT2D eigenvalue weighted by Crippen LogP contribution is -2.38. The Morgan fingerprint density at radius 1 is 1.27 bits per heavy atom. The minimum atomic E-state index is -0.717. The summed E-state index contributed by atoms with van der Waals surface area (Å²) in [6.07, 6.45) is 1.98. The molecule has 1 aromatic rings. The first-order valence-electron chi connectivity index (χ1n) is 7.88. The standard InChI is InChI=1S/C17H23NO4/c1-21-16-5-3-2-4-13(16)14-10-18(11-15(14)17(19)20)12-6-8-22-9-7-12/h2-5,12,14-15H,6-11H2,1H3,(H,19,20)/t14-,15+/m0/s1. The fourth-order valence-electron chi connectivity index (χ4n) is 3.72. The van der Waals surface area contributed by atoms with Crippen LogP contribution in [0.5, 0.6) is 5.75 Å². The Kier molecular flexibility index (Phi) is 4.64. The SMILES string of the molecule is COc1ccccc1[C@@H]1CN(C2CCOCC2)C[C@H]1C(=O)O. The second-order valence-electron chi connectivity index (χ2n) is 6.09. The second kappa shape index (κ2) is 6.67. The number of carbonyl (C=O) groups is 1. The van der Waals surface area contributed by atoms with Crippen LogP contribution in [0.4, 0.5) is 0 Å². The van der Waals surface area contributed by atoms with E-state index in [9.17, 15) is 9.90 Å². The largest absolute Gasteiger partial charge is 0.496 e. The molecule has 0 aliphatic carbocycles. The summed E-state index contributed by atoms with van der Waals surface area (Å²) in [6, 6.07) is 8.21. The number of aliphatic carboxylic acids is 1. The Morgan fingerprint density at radius 3 is 2.68 bits per heavy atom. The molecule has 0 radical (unpaired) electrons. The number of methoxy groups -OCH3 is 1. The number of ether oxygens (including phenoxy) is 2. The molecule has 0 amide bonds. The fraction of sp³-hybridized carbons (Fsp3) is 0.588. The number of rotatable bonds is 4. The molecule has 22 heavy (non-hydrogen) atoms. The van der Waals surface area contributed by atoms with Crippen molar-refractivity contribution in [1.29, 1.82) is 0 Å². The third-order valence-electron chi connectivity index (χ3n) is 4.91. The number of benzene rings is 1. The zero-order valence-electron chi connectivity index (χ0n) is 12.9. The van der Waals surface area contributed by atoms with Crippen LogP contribution in [0.3, 0.4) is 0 Å². The zero-order valence-corrected chi connectivity index (χ0v) is 12.9. The van der Waals surface area contributed by atoms with Gasteiger partial charge in [0.15, 0.2) is 0 Å². The van der Waals surface area contributed by atoms with Crippen molar-refractivity contribution in [3.8, 4) is 5.75 Å². The first kappa shape index (κ1) is 15.3. The number of hydrogen-bond acceptors (Lipinski definition) is 4. The molecular formula is C17H23NO4. The van der Waals surface area contributed by atoms with Gasteiger partial charge in [-0.2, -0.15) is 0 Å². The van der Waals surface area contributed by atoms with Gasteiger partial charge in [-0.05, 0) is 24.5 Å². The number of likely N-dealkylation sites (tertiary alicyclic amines) is 1. The highest BCUT2D eigenvalue weighted by Gasteiger charge is 2.42. The highest BCUT2D eigenvalue weighted by molar-refractivity contribution is 5.72. The van der Waals surface area contributed by atoms with Crippen LogP contribution in [0.1, 0.15) is 24.3 Å². The molecule has 0 unspecified atom stereocenters. The summed E-state index contributed by atoms with van der Waals surface area (Å²) in [4.78, 5) is 14.1. The van der Waals surface area contributed by atoms with Gasteiger partial charge in [-0.15, -0.1) is 0 Å². The second-order valence-corrected chi connectivity index (χ2v) is 6.09. The van der Waals surface area contributed by atoms with Crippen LogP contribution in [0, 0.1) is 5.92 Å². The molecule has 2 fully saturated rings. The van der Waals surface area contributed by atoms with Crippen molar-refractivity contribution in [3.63, 3.8) is 0 Å². The highest BCUT2D eigenvalue weighted by Crippen LogP contribution is 2.39. The van der Waals surface area contributed by atoms with Crippen LogP contribution in [0.2, 0.25) is 0 Å². The number of carboxylic acid groups (broad SMARTS) is 1. The molecule has 1 N–H and O–H groups in total. The van der Waals surface area contributed by atoms with Gasteiger partial charge in [0.25, 0.3) is 0 Å². The normalized spacial score (nSPS) is 27.0. The molecule has 0 spiro atoms. The van der Waals surface area contributed by atoms with Crippen LogP contribution in [0.15, 0.2) is 24.3 Å². The van der Waals surface area contributed by atoms with E-state index in [1.165, 1.54) is 0 Å². The van der Waals surface area contributed by atoms with Gasteiger partial charge in [-0.25, -0.2) is 0 Å². The van der Waals surface area contributed by atoms with Gasteiger partial charge in [0.2, 0.25) is 0 Å². The lowest BCUT2D eigenvalue weighted by atomic mass is 9.88. The summed E-state index contributed by atoms with van der Waals surface area (Å²) < 4.78 is 10.9. The summed E-state index contributed by atoms with van der Waals surface area (Å²) in [5, 5.41) is 9.63. The molecular weight excluding hydrogens is 282 g/mol. The molecule has 0 saturated carbocycles. The Bertz CT molecular complexity index is 527. The summed E-state index contributed by atoms with van der Waals surface area (Å²) in [5.74, 6) is -0.325. The van der Waals surface area contributed by atoms with E-state index in [-0.39, 0.29) is 11.8 Å². The monoisotopic (exact) mass is 305 g/mol. The molecule has 0 aromatic heterocycles. The van der Waals surface area contributed by atoms with E-state index < -0.39 is 5.97 Å². The molecule has 2 saturated heterocycles. The van der Waals surface area contributed by atoms with E-state index in [1.807, 2.05) is 24.3 Å². The van der Waals surface area contributed by atoms with Gasteiger partial charge < -0.3 is 14.6 Å². The minimum absolute atomic E-state index is 0.0171.